The highest BCUT2D eigenvalue weighted by molar-refractivity contribution is 5.85. The molecule has 1 heterocycles. The second-order valence-corrected chi connectivity index (χ2v) is 4.16. The lowest BCUT2D eigenvalue weighted by molar-refractivity contribution is 0.132. The third-order valence-electron chi connectivity index (χ3n) is 2.88. The van der Waals surface area contributed by atoms with E-state index in [1.165, 1.54) is 11.1 Å². The molecule has 15 heavy (non-hydrogen) atoms. The van der Waals surface area contributed by atoms with E-state index in [4.69, 9.17) is 0 Å². The summed E-state index contributed by atoms with van der Waals surface area (Å²) in [4.78, 5) is 0. The van der Waals surface area contributed by atoms with Gasteiger partial charge in [0.1, 0.15) is 0 Å². The number of hydrogen-bond donors (Lipinski definition) is 2. The van der Waals surface area contributed by atoms with Gasteiger partial charge in [0, 0.05) is 13.1 Å². The molecule has 0 bridgehead atoms. The van der Waals surface area contributed by atoms with Crippen molar-refractivity contribution in [3.8, 4) is 0 Å². The molecule has 3 heteroatoms. The summed E-state index contributed by atoms with van der Waals surface area (Å²) in [6, 6.07) is 8.60. The highest BCUT2D eigenvalue weighted by Crippen LogP contribution is 2.23. The third kappa shape index (κ3) is 3.20. The van der Waals surface area contributed by atoms with Crippen LogP contribution in [0.2, 0.25) is 0 Å². The summed E-state index contributed by atoms with van der Waals surface area (Å²) in [5.74, 6) is 0.472. The maximum Gasteiger partial charge on any atom is 0.0670 e. The van der Waals surface area contributed by atoms with Gasteiger partial charge in [-0.2, -0.15) is 0 Å². The molecule has 0 spiro atoms. The molecule has 1 aliphatic heterocycles. The quantitative estimate of drug-likeness (QED) is 0.768. The molecule has 1 fully saturated rings. The van der Waals surface area contributed by atoms with E-state index in [1.807, 2.05) is 0 Å². The van der Waals surface area contributed by atoms with Gasteiger partial charge in [0.05, 0.1) is 6.10 Å². The molecule has 84 valence electrons. The van der Waals surface area contributed by atoms with Crippen LogP contribution in [-0.4, -0.2) is 24.3 Å². The molecular formula is C12H18ClNO. The van der Waals surface area contributed by atoms with Crippen molar-refractivity contribution in [3.63, 3.8) is 0 Å². The minimum Gasteiger partial charge on any atom is -0.392 e. The Bertz CT molecular complexity index is 299. The lowest BCUT2D eigenvalue weighted by Crippen LogP contribution is -2.38. The third-order valence-corrected chi connectivity index (χ3v) is 2.88. The van der Waals surface area contributed by atoms with Gasteiger partial charge >= 0.3 is 0 Å². The molecule has 2 nitrogen and oxygen atoms in total. The molecule has 1 aliphatic rings. The second kappa shape index (κ2) is 5.50. The van der Waals surface area contributed by atoms with Gasteiger partial charge in [-0.1, -0.05) is 29.8 Å². The first-order valence-corrected chi connectivity index (χ1v) is 5.21. The number of rotatable bonds is 1. The molecule has 0 amide bonds. The molecular weight excluding hydrogens is 210 g/mol. The molecule has 1 aromatic carbocycles. The molecule has 2 atom stereocenters. The van der Waals surface area contributed by atoms with Crippen molar-refractivity contribution in [1.29, 1.82) is 0 Å². The maximum absolute atomic E-state index is 9.53. The van der Waals surface area contributed by atoms with Gasteiger partial charge in [-0.25, -0.2) is 0 Å². The van der Waals surface area contributed by atoms with E-state index in [9.17, 15) is 5.11 Å². The van der Waals surface area contributed by atoms with Crippen molar-refractivity contribution >= 4 is 12.4 Å². The smallest absolute Gasteiger partial charge is 0.0670 e. The number of piperidine rings is 1. The summed E-state index contributed by atoms with van der Waals surface area (Å²) in [5.41, 5.74) is 2.62. The summed E-state index contributed by atoms with van der Waals surface area (Å²) >= 11 is 0. The monoisotopic (exact) mass is 227 g/mol. The van der Waals surface area contributed by atoms with E-state index < -0.39 is 0 Å². The number of aliphatic hydroxyl groups is 1. The SMILES string of the molecule is Cc1ccc([C@@H]2CNC[C@H](O)C2)cc1.Cl. The van der Waals surface area contributed by atoms with Crippen LogP contribution in [0.5, 0.6) is 0 Å². The van der Waals surface area contributed by atoms with Crippen LogP contribution < -0.4 is 5.32 Å². The van der Waals surface area contributed by atoms with Gasteiger partial charge in [-0.3, -0.25) is 0 Å². The molecule has 2 rings (SSSR count). The van der Waals surface area contributed by atoms with Crippen LogP contribution in [0, 0.1) is 6.92 Å². The number of aryl methyl sites for hydroxylation is 1. The minimum absolute atomic E-state index is 0. The second-order valence-electron chi connectivity index (χ2n) is 4.16. The predicted molar refractivity (Wildman–Crippen MR) is 64.7 cm³/mol. The number of hydrogen-bond acceptors (Lipinski definition) is 2. The fourth-order valence-corrected chi connectivity index (χ4v) is 2.01. The fourth-order valence-electron chi connectivity index (χ4n) is 2.01. The Hall–Kier alpha value is -0.570. The molecule has 0 unspecified atom stereocenters. The first-order chi connectivity index (χ1) is 6.75. The van der Waals surface area contributed by atoms with E-state index in [1.54, 1.807) is 0 Å². The van der Waals surface area contributed by atoms with Gasteiger partial charge < -0.3 is 10.4 Å². The maximum atomic E-state index is 9.53. The lowest BCUT2D eigenvalue weighted by atomic mass is 9.90. The Kier molecular flexibility index (Phi) is 4.58. The Balaban J connectivity index is 0.00000112. The van der Waals surface area contributed by atoms with Gasteiger partial charge in [0.15, 0.2) is 0 Å². The van der Waals surface area contributed by atoms with Crippen LogP contribution in [0.1, 0.15) is 23.5 Å². The van der Waals surface area contributed by atoms with E-state index >= 15 is 0 Å². The molecule has 2 N–H and O–H groups in total. The average molecular weight is 228 g/mol. The molecule has 0 saturated carbocycles. The van der Waals surface area contributed by atoms with Crippen molar-refractivity contribution < 1.29 is 5.11 Å². The first-order valence-electron chi connectivity index (χ1n) is 5.21. The largest absolute Gasteiger partial charge is 0.392 e. The van der Waals surface area contributed by atoms with Crippen molar-refractivity contribution in [2.45, 2.75) is 25.4 Å². The summed E-state index contributed by atoms with van der Waals surface area (Å²) in [6.45, 7) is 3.82. The van der Waals surface area contributed by atoms with Gasteiger partial charge in [-0.15, -0.1) is 12.4 Å². The Morgan fingerprint density at radius 2 is 1.87 bits per heavy atom. The van der Waals surface area contributed by atoms with Crippen LogP contribution >= 0.6 is 12.4 Å². The van der Waals surface area contributed by atoms with Crippen molar-refractivity contribution in [3.05, 3.63) is 35.4 Å². The highest BCUT2D eigenvalue weighted by atomic mass is 35.5. The van der Waals surface area contributed by atoms with Gasteiger partial charge in [0.25, 0.3) is 0 Å². The zero-order valence-electron chi connectivity index (χ0n) is 8.94. The van der Waals surface area contributed by atoms with Crippen LogP contribution in [0.15, 0.2) is 24.3 Å². The minimum atomic E-state index is -0.185. The summed E-state index contributed by atoms with van der Waals surface area (Å²) < 4.78 is 0. The number of nitrogens with one attached hydrogen (secondary N) is 1. The van der Waals surface area contributed by atoms with E-state index in [0.717, 1.165) is 19.5 Å². The molecule has 1 saturated heterocycles. The van der Waals surface area contributed by atoms with E-state index in [2.05, 4.69) is 36.5 Å². The van der Waals surface area contributed by atoms with E-state index in [-0.39, 0.29) is 18.5 Å². The average Bonchev–Trinajstić information content (AvgIpc) is 2.19. The number of halogens is 1. The van der Waals surface area contributed by atoms with Crippen LogP contribution in [0.3, 0.4) is 0 Å². The van der Waals surface area contributed by atoms with Crippen molar-refractivity contribution in [2.24, 2.45) is 0 Å². The number of aliphatic hydroxyl groups excluding tert-OH is 1. The Morgan fingerprint density at radius 1 is 1.20 bits per heavy atom. The molecule has 1 aromatic rings. The molecule has 0 aromatic heterocycles. The zero-order chi connectivity index (χ0) is 9.97. The highest BCUT2D eigenvalue weighted by Gasteiger charge is 2.20. The predicted octanol–water partition coefficient (Wildman–Crippen LogP) is 1.85. The topological polar surface area (TPSA) is 32.3 Å². The van der Waals surface area contributed by atoms with Crippen molar-refractivity contribution in [2.75, 3.05) is 13.1 Å². The van der Waals surface area contributed by atoms with Crippen molar-refractivity contribution in [1.82, 2.24) is 5.32 Å². The first kappa shape index (κ1) is 12.5. The lowest BCUT2D eigenvalue weighted by Gasteiger charge is -2.27. The normalized spacial score (nSPS) is 25.7. The molecule has 0 aliphatic carbocycles. The number of benzene rings is 1. The summed E-state index contributed by atoms with van der Waals surface area (Å²) in [6.07, 6.45) is 0.700. The Labute approximate surface area is 97.1 Å². The van der Waals surface area contributed by atoms with Crippen LogP contribution in [0.25, 0.3) is 0 Å². The van der Waals surface area contributed by atoms with Crippen LogP contribution in [0.4, 0.5) is 0 Å². The van der Waals surface area contributed by atoms with E-state index in [0.29, 0.717) is 5.92 Å². The molecule has 0 radical (unpaired) electrons. The van der Waals surface area contributed by atoms with Crippen LogP contribution in [-0.2, 0) is 0 Å². The van der Waals surface area contributed by atoms with Gasteiger partial charge in [-0.05, 0) is 24.8 Å². The standard InChI is InChI=1S/C12H17NO.ClH/c1-9-2-4-10(5-3-9)11-6-12(14)8-13-7-11;/h2-5,11-14H,6-8H2,1H3;1H/t11-,12+;/m0./s1. The summed E-state index contributed by atoms with van der Waals surface area (Å²) in [5, 5.41) is 12.8. The Morgan fingerprint density at radius 3 is 2.47 bits per heavy atom. The van der Waals surface area contributed by atoms with Gasteiger partial charge in [0.2, 0.25) is 0 Å². The summed E-state index contributed by atoms with van der Waals surface area (Å²) in [7, 11) is 0. The zero-order valence-corrected chi connectivity index (χ0v) is 9.76. The number of β-amino-alcohol motifs (C(OH)–C–C–N with tert-alkyl or cyclic N) is 1. The fraction of sp³-hybridized carbons (Fsp3) is 0.500.